The second-order valence-corrected chi connectivity index (χ2v) is 8.53. The van der Waals surface area contributed by atoms with Crippen LogP contribution < -0.4 is 15.1 Å². The monoisotopic (exact) mass is 420 g/mol. The largest absolute Gasteiger partial charge is 0.372 e. The molecule has 2 heterocycles. The van der Waals surface area contributed by atoms with Gasteiger partial charge < -0.3 is 9.80 Å². The summed E-state index contributed by atoms with van der Waals surface area (Å²) < 4.78 is 0. The standard InChI is InChI=1S/C25H32N4O2/c1-20(31)28(17-21-6-10-23(11-7-21)27-15-2-3-16-27)18-22-8-12-24(13-9-22)29(19-30)25-5-4-14-26-25/h6-13,19,25-26H,2-5,14-18H2,1H3. The van der Waals surface area contributed by atoms with Crippen molar-refractivity contribution in [1.29, 1.82) is 0 Å². The minimum absolute atomic E-state index is 0.0531. The van der Waals surface area contributed by atoms with E-state index in [2.05, 4.69) is 34.5 Å². The van der Waals surface area contributed by atoms with Crippen molar-refractivity contribution < 1.29 is 9.59 Å². The van der Waals surface area contributed by atoms with Crippen LogP contribution in [0.15, 0.2) is 48.5 Å². The van der Waals surface area contributed by atoms with E-state index in [9.17, 15) is 9.59 Å². The number of nitrogens with zero attached hydrogens (tertiary/aromatic N) is 3. The summed E-state index contributed by atoms with van der Waals surface area (Å²) >= 11 is 0. The third kappa shape index (κ3) is 5.25. The van der Waals surface area contributed by atoms with Gasteiger partial charge in [-0.3, -0.25) is 19.8 Å². The first-order valence-electron chi connectivity index (χ1n) is 11.3. The SMILES string of the molecule is CC(=O)N(Cc1ccc(N2CCCC2)cc1)Cc1ccc(N(C=O)C2CCCN2)cc1. The van der Waals surface area contributed by atoms with E-state index in [1.165, 1.54) is 18.5 Å². The Bertz CT molecular complexity index is 869. The van der Waals surface area contributed by atoms with E-state index in [1.807, 2.05) is 29.2 Å². The van der Waals surface area contributed by atoms with Crippen LogP contribution in [0.4, 0.5) is 11.4 Å². The molecule has 0 aromatic heterocycles. The van der Waals surface area contributed by atoms with Crippen LogP contribution in [-0.4, -0.2) is 43.0 Å². The number of nitrogens with one attached hydrogen (secondary N) is 1. The van der Waals surface area contributed by atoms with E-state index in [-0.39, 0.29) is 12.1 Å². The first-order valence-corrected chi connectivity index (χ1v) is 11.3. The van der Waals surface area contributed by atoms with Gasteiger partial charge in [0.2, 0.25) is 12.3 Å². The van der Waals surface area contributed by atoms with Crippen LogP contribution in [0.5, 0.6) is 0 Å². The number of anilines is 2. The Hall–Kier alpha value is -2.86. The maximum absolute atomic E-state index is 12.3. The van der Waals surface area contributed by atoms with Crippen molar-refractivity contribution in [1.82, 2.24) is 10.2 Å². The Labute approximate surface area is 184 Å². The van der Waals surface area contributed by atoms with E-state index in [0.29, 0.717) is 13.1 Å². The molecule has 0 spiro atoms. The molecule has 0 aliphatic carbocycles. The summed E-state index contributed by atoms with van der Waals surface area (Å²) in [5, 5.41) is 3.36. The molecule has 2 fully saturated rings. The number of hydrogen-bond donors (Lipinski definition) is 1. The van der Waals surface area contributed by atoms with Crippen LogP contribution in [0.25, 0.3) is 0 Å². The number of benzene rings is 2. The van der Waals surface area contributed by atoms with Gasteiger partial charge in [-0.25, -0.2) is 0 Å². The summed E-state index contributed by atoms with van der Waals surface area (Å²) in [6, 6.07) is 16.5. The highest BCUT2D eigenvalue weighted by molar-refractivity contribution is 5.76. The molecule has 2 aliphatic heterocycles. The minimum Gasteiger partial charge on any atom is -0.372 e. The summed E-state index contributed by atoms with van der Waals surface area (Å²) in [4.78, 5) is 29.9. The third-order valence-corrected chi connectivity index (χ3v) is 6.32. The second kappa shape index (κ2) is 9.96. The molecule has 31 heavy (non-hydrogen) atoms. The lowest BCUT2D eigenvalue weighted by molar-refractivity contribution is -0.130. The molecule has 0 bridgehead atoms. The van der Waals surface area contributed by atoms with Gasteiger partial charge in [-0.15, -0.1) is 0 Å². The fourth-order valence-corrected chi connectivity index (χ4v) is 4.50. The van der Waals surface area contributed by atoms with Gasteiger partial charge in [0.15, 0.2) is 0 Å². The summed E-state index contributed by atoms with van der Waals surface area (Å²) in [6.45, 7) is 5.96. The average Bonchev–Trinajstić information content (AvgIpc) is 3.50. The fourth-order valence-electron chi connectivity index (χ4n) is 4.50. The Morgan fingerprint density at radius 3 is 2.13 bits per heavy atom. The van der Waals surface area contributed by atoms with Crippen molar-refractivity contribution >= 4 is 23.7 Å². The van der Waals surface area contributed by atoms with E-state index >= 15 is 0 Å². The maximum Gasteiger partial charge on any atom is 0.220 e. The van der Waals surface area contributed by atoms with Gasteiger partial charge in [-0.2, -0.15) is 0 Å². The van der Waals surface area contributed by atoms with E-state index in [4.69, 9.17) is 0 Å². The van der Waals surface area contributed by atoms with Crippen LogP contribution >= 0.6 is 0 Å². The van der Waals surface area contributed by atoms with Gasteiger partial charge in [0, 0.05) is 44.5 Å². The molecule has 2 aromatic carbocycles. The predicted molar refractivity (Wildman–Crippen MR) is 124 cm³/mol. The molecule has 1 N–H and O–H groups in total. The predicted octanol–water partition coefficient (Wildman–Crippen LogP) is 3.51. The van der Waals surface area contributed by atoms with Crippen molar-refractivity contribution in [2.75, 3.05) is 29.4 Å². The highest BCUT2D eigenvalue weighted by Crippen LogP contribution is 2.23. The van der Waals surface area contributed by atoms with Gasteiger partial charge >= 0.3 is 0 Å². The highest BCUT2D eigenvalue weighted by Gasteiger charge is 2.22. The molecule has 2 aliphatic rings. The molecule has 2 aromatic rings. The molecule has 2 saturated heterocycles. The minimum atomic E-state index is 0.0531. The molecular weight excluding hydrogens is 388 g/mol. The van der Waals surface area contributed by atoms with Gasteiger partial charge in [0.1, 0.15) is 0 Å². The second-order valence-electron chi connectivity index (χ2n) is 8.53. The molecule has 4 rings (SSSR count). The van der Waals surface area contributed by atoms with E-state index in [0.717, 1.165) is 55.7 Å². The van der Waals surface area contributed by atoms with E-state index in [1.54, 1.807) is 11.8 Å². The summed E-state index contributed by atoms with van der Waals surface area (Å²) in [6.07, 6.45) is 5.54. The topological polar surface area (TPSA) is 55.9 Å². The Balaban J connectivity index is 1.39. The first-order chi connectivity index (χ1) is 15.1. The molecule has 6 heteroatoms. The number of carbonyl (C=O) groups is 2. The van der Waals surface area contributed by atoms with Crippen molar-refractivity contribution in [2.45, 2.75) is 51.9 Å². The lowest BCUT2D eigenvalue weighted by Crippen LogP contribution is -2.41. The molecule has 1 unspecified atom stereocenters. The van der Waals surface area contributed by atoms with Gasteiger partial charge in [0.05, 0.1) is 6.17 Å². The van der Waals surface area contributed by atoms with Crippen molar-refractivity contribution in [2.24, 2.45) is 0 Å². The Morgan fingerprint density at radius 2 is 1.61 bits per heavy atom. The molecule has 1 atom stereocenters. The highest BCUT2D eigenvalue weighted by atomic mass is 16.2. The third-order valence-electron chi connectivity index (χ3n) is 6.32. The van der Waals surface area contributed by atoms with Crippen molar-refractivity contribution in [3.8, 4) is 0 Å². The van der Waals surface area contributed by atoms with Crippen molar-refractivity contribution in [3.63, 3.8) is 0 Å². The fraction of sp³-hybridized carbons (Fsp3) is 0.440. The van der Waals surface area contributed by atoms with Crippen LogP contribution in [0, 0.1) is 0 Å². The average molecular weight is 421 g/mol. The molecule has 6 nitrogen and oxygen atoms in total. The molecule has 0 radical (unpaired) electrons. The van der Waals surface area contributed by atoms with Crippen LogP contribution in [0.1, 0.15) is 43.7 Å². The molecule has 2 amide bonds. The zero-order chi connectivity index (χ0) is 21.6. The van der Waals surface area contributed by atoms with Crippen LogP contribution in [0.3, 0.4) is 0 Å². The first kappa shape index (κ1) is 21.4. The molecular formula is C25H32N4O2. The smallest absolute Gasteiger partial charge is 0.220 e. The Kier molecular flexibility index (Phi) is 6.87. The lowest BCUT2D eigenvalue weighted by atomic mass is 10.1. The number of hydrogen-bond acceptors (Lipinski definition) is 4. The summed E-state index contributed by atoms with van der Waals surface area (Å²) in [5.74, 6) is 0.0531. The van der Waals surface area contributed by atoms with Crippen molar-refractivity contribution in [3.05, 3.63) is 59.7 Å². The van der Waals surface area contributed by atoms with Crippen LogP contribution in [-0.2, 0) is 22.7 Å². The van der Waals surface area contributed by atoms with Gasteiger partial charge in [-0.1, -0.05) is 24.3 Å². The molecule has 164 valence electrons. The normalized spacial score (nSPS) is 18.2. The maximum atomic E-state index is 12.3. The Morgan fingerprint density at radius 1 is 1.00 bits per heavy atom. The number of amides is 2. The zero-order valence-corrected chi connectivity index (χ0v) is 18.3. The van der Waals surface area contributed by atoms with Gasteiger partial charge in [-0.05, 0) is 67.6 Å². The molecule has 0 saturated carbocycles. The van der Waals surface area contributed by atoms with E-state index < -0.39 is 0 Å². The number of rotatable bonds is 8. The zero-order valence-electron chi connectivity index (χ0n) is 18.3. The van der Waals surface area contributed by atoms with Crippen LogP contribution in [0.2, 0.25) is 0 Å². The number of carbonyl (C=O) groups excluding carboxylic acids is 2. The lowest BCUT2D eigenvalue weighted by Gasteiger charge is -2.26. The summed E-state index contributed by atoms with van der Waals surface area (Å²) in [7, 11) is 0. The quantitative estimate of drug-likeness (QED) is 0.664. The van der Waals surface area contributed by atoms with Gasteiger partial charge in [0.25, 0.3) is 0 Å². The summed E-state index contributed by atoms with van der Waals surface area (Å²) in [5.41, 5.74) is 4.33.